The minimum atomic E-state index is 0.505. The monoisotopic (exact) mass is 167 g/mol. The van der Waals surface area contributed by atoms with Gasteiger partial charge in [-0.1, -0.05) is 0 Å². The average Bonchev–Trinajstić information content (AvgIpc) is 2.55. The van der Waals surface area contributed by atoms with Crippen molar-refractivity contribution in [3.8, 4) is 0 Å². The summed E-state index contributed by atoms with van der Waals surface area (Å²) in [6.07, 6.45) is 4.95. The van der Waals surface area contributed by atoms with E-state index in [1.54, 1.807) is 0 Å². The Kier molecular flexibility index (Phi) is 3.17. The van der Waals surface area contributed by atoms with Gasteiger partial charge in [0.15, 0.2) is 0 Å². The van der Waals surface area contributed by atoms with Crippen LogP contribution in [0.5, 0.6) is 0 Å². The van der Waals surface area contributed by atoms with E-state index in [-0.39, 0.29) is 0 Å². The van der Waals surface area contributed by atoms with Crippen LogP contribution in [0.1, 0.15) is 13.3 Å². The third kappa shape index (κ3) is 2.01. The first-order chi connectivity index (χ1) is 5.75. The van der Waals surface area contributed by atoms with E-state index in [2.05, 4.69) is 29.9 Å². The summed E-state index contributed by atoms with van der Waals surface area (Å²) in [5, 5.41) is 0. The second kappa shape index (κ2) is 4.16. The molecule has 1 aromatic rings. The predicted molar refractivity (Wildman–Crippen MR) is 52.3 cm³/mol. The molecule has 0 radical (unpaired) electrons. The van der Waals surface area contributed by atoms with Crippen LogP contribution in [0.3, 0.4) is 0 Å². The van der Waals surface area contributed by atoms with Gasteiger partial charge < -0.3 is 15.6 Å². The minimum Gasteiger partial charge on any atom is -0.371 e. The van der Waals surface area contributed by atoms with E-state index < -0.39 is 0 Å². The Morgan fingerprint density at radius 2 is 2.42 bits per heavy atom. The number of hydrogen-bond donors (Lipinski definition) is 2. The Labute approximate surface area is 73.6 Å². The maximum Gasteiger partial charge on any atom is 0.0543 e. The number of nitrogens with zero attached hydrogens (tertiary/aromatic N) is 1. The van der Waals surface area contributed by atoms with Crippen molar-refractivity contribution in [3.05, 3.63) is 18.5 Å². The molecule has 0 bridgehead atoms. The molecule has 1 aromatic heterocycles. The lowest BCUT2D eigenvalue weighted by molar-refractivity contribution is 0.635. The molecule has 12 heavy (non-hydrogen) atoms. The summed E-state index contributed by atoms with van der Waals surface area (Å²) >= 11 is 0. The summed E-state index contributed by atoms with van der Waals surface area (Å²) in [4.78, 5) is 5.26. The van der Waals surface area contributed by atoms with Crippen LogP contribution >= 0.6 is 0 Å². The summed E-state index contributed by atoms with van der Waals surface area (Å²) in [7, 11) is 2.09. The summed E-state index contributed by atoms with van der Waals surface area (Å²) in [5.74, 6) is 0. The summed E-state index contributed by atoms with van der Waals surface area (Å²) in [6, 6.07) is 2.57. The van der Waals surface area contributed by atoms with Crippen LogP contribution in [0.2, 0.25) is 0 Å². The molecule has 3 heteroatoms. The first-order valence-corrected chi connectivity index (χ1v) is 4.31. The molecule has 0 aliphatic carbocycles. The number of H-pyrrole nitrogens is 1. The van der Waals surface area contributed by atoms with Crippen LogP contribution in [-0.2, 0) is 0 Å². The highest BCUT2D eigenvalue weighted by Gasteiger charge is 2.08. The van der Waals surface area contributed by atoms with Crippen molar-refractivity contribution in [2.75, 3.05) is 18.5 Å². The van der Waals surface area contributed by atoms with Crippen LogP contribution in [0.15, 0.2) is 18.5 Å². The lowest BCUT2D eigenvalue weighted by Crippen LogP contribution is -2.30. The summed E-state index contributed by atoms with van der Waals surface area (Å²) in [5.41, 5.74) is 6.70. The average molecular weight is 167 g/mol. The quantitative estimate of drug-likeness (QED) is 0.707. The highest BCUT2D eigenvalue weighted by molar-refractivity contribution is 5.44. The summed E-state index contributed by atoms with van der Waals surface area (Å²) in [6.45, 7) is 2.93. The van der Waals surface area contributed by atoms with Gasteiger partial charge in [-0.15, -0.1) is 0 Å². The number of nitrogens with one attached hydrogen (secondary N) is 1. The molecule has 68 valence electrons. The maximum absolute atomic E-state index is 5.49. The lowest BCUT2D eigenvalue weighted by atomic mass is 10.2. The molecule has 0 aliphatic heterocycles. The van der Waals surface area contributed by atoms with Gasteiger partial charge in [-0.3, -0.25) is 0 Å². The van der Waals surface area contributed by atoms with Gasteiger partial charge in [-0.2, -0.15) is 0 Å². The van der Waals surface area contributed by atoms with Crippen LogP contribution in [0.4, 0.5) is 5.69 Å². The van der Waals surface area contributed by atoms with E-state index in [0.717, 1.165) is 13.0 Å². The molecular weight excluding hydrogens is 150 g/mol. The molecule has 3 nitrogen and oxygen atoms in total. The Morgan fingerprint density at radius 3 is 2.92 bits per heavy atom. The van der Waals surface area contributed by atoms with Crippen molar-refractivity contribution < 1.29 is 0 Å². The van der Waals surface area contributed by atoms with Gasteiger partial charge in [-0.05, 0) is 26.0 Å². The largest absolute Gasteiger partial charge is 0.371 e. The minimum absolute atomic E-state index is 0.505. The topological polar surface area (TPSA) is 45.0 Å². The number of hydrogen-bond acceptors (Lipinski definition) is 2. The van der Waals surface area contributed by atoms with E-state index in [1.807, 2.05) is 12.4 Å². The van der Waals surface area contributed by atoms with Gasteiger partial charge in [-0.25, -0.2) is 0 Å². The third-order valence-corrected chi connectivity index (χ3v) is 2.23. The Hall–Kier alpha value is -0.960. The molecular formula is C9H17N3. The lowest BCUT2D eigenvalue weighted by Gasteiger charge is -2.25. The fourth-order valence-electron chi connectivity index (χ4n) is 1.22. The molecule has 0 aliphatic rings. The zero-order valence-electron chi connectivity index (χ0n) is 7.75. The van der Waals surface area contributed by atoms with Gasteiger partial charge >= 0.3 is 0 Å². The molecule has 1 atom stereocenters. The van der Waals surface area contributed by atoms with E-state index in [9.17, 15) is 0 Å². The molecule has 0 aromatic carbocycles. The predicted octanol–water partition coefficient (Wildman–Crippen LogP) is 1.19. The zero-order chi connectivity index (χ0) is 8.97. The van der Waals surface area contributed by atoms with Crippen molar-refractivity contribution >= 4 is 5.69 Å². The zero-order valence-corrected chi connectivity index (χ0v) is 7.75. The van der Waals surface area contributed by atoms with Crippen molar-refractivity contribution in [1.82, 2.24) is 4.98 Å². The van der Waals surface area contributed by atoms with Crippen LogP contribution in [-0.4, -0.2) is 24.6 Å². The number of aromatic nitrogens is 1. The second-order valence-corrected chi connectivity index (χ2v) is 3.11. The Balaban J connectivity index is 2.53. The van der Waals surface area contributed by atoms with Crippen LogP contribution < -0.4 is 10.6 Å². The fourth-order valence-corrected chi connectivity index (χ4v) is 1.22. The van der Waals surface area contributed by atoms with Gasteiger partial charge in [0.2, 0.25) is 0 Å². The van der Waals surface area contributed by atoms with E-state index in [1.165, 1.54) is 5.69 Å². The maximum atomic E-state index is 5.49. The second-order valence-electron chi connectivity index (χ2n) is 3.11. The van der Waals surface area contributed by atoms with E-state index in [0.29, 0.717) is 6.04 Å². The Bertz CT molecular complexity index is 206. The van der Waals surface area contributed by atoms with Crippen molar-refractivity contribution in [3.63, 3.8) is 0 Å². The first-order valence-electron chi connectivity index (χ1n) is 4.31. The highest BCUT2D eigenvalue weighted by atomic mass is 15.1. The standard InChI is InChI=1S/C9H17N3/c1-8(3-5-10)12(2)9-4-6-11-7-9/h4,6-8,11H,3,5,10H2,1-2H3. The van der Waals surface area contributed by atoms with Crippen molar-refractivity contribution in [1.29, 1.82) is 0 Å². The first kappa shape index (κ1) is 9.13. The van der Waals surface area contributed by atoms with Gasteiger partial charge in [0.25, 0.3) is 0 Å². The van der Waals surface area contributed by atoms with Crippen molar-refractivity contribution in [2.45, 2.75) is 19.4 Å². The Morgan fingerprint density at radius 1 is 1.67 bits per heavy atom. The number of rotatable bonds is 4. The highest BCUT2D eigenvalue weighted by Crippen LogP contribution is 2.14. The van der Waals surface area contributed by atoms with E-state index >= 15 is 0 Å². The number of nitrogens with two attached hydrogens (primary N) is 1. The number of aromatic amines is 1. The van der Waals surface area contributed by atoms with Gasteiger partial charge in [0, 0.05) is 25.5 Å². The molecule has 1 unspecified atom stereocenters. The fraction of sp³-hybridized carbons (Fsp3) is 0.556. The van der Waals surface area contributed by atoms with Gasteiger partial charge in [0.05, 0.1) is 5.69 Å². The normalized spacial score (nSPS) is 12.9. The number of anilines is 1. The SMILES string of the molecule is CC(CCN)N(C)c1cc[nH]c1. The van der Waals surface area contributed by atoms with Crippen LogP contribution in [0, 0.1) is 0 Å². The third-order valence-electron chi connectivity index (χ3n) is 2.23. The van der Waals surface area contributed by atoms with Crippen molar-refractivity contribution in [2.24, 2.45) is 5.73 Å². The molecule has 1 rings (SSSR count). The van der Waals surface area contributed by atoms with E-state index in [4.69, 9.17) is 5.73 Å². The summed E-state index contributed by atoms with van der Waals surface area (Å²) < 4.78 is 0. The molecule has 0 fully saturated rings. The smallest absolute Gasteiger partial charge is 0.0543 e. The molecule has 0 saturated heterocycles. The molecule has 1 heterocycles. The molecule has 0 saturated carbocycles. The molecule has 0 spiro atoms. The molecule has 0 amide bonds. The van der Waals surface area contributed by atoms with Gasteiger partial charge in [0.1, 0.15) is 0 Å². The van der Waals surface area contributed by atoms with Crippen LogP contribution in [0.25, 0.3) is 0 Å². The molecule has 3 N–H and O–H groups in total.